The summed E-state index contributed by atoms with van der Waals surface area (Å²) < 4.78 is 5.56. The Kier molecular flexibility index (Phi) is 5.49. The second-order valence-corrected chi connectivity index (χ2v) is 7.05. The van der Waals surface area contributed by atoms with Crippen molar-refractivity contribution < 1.29 is 4.74 Å². The largest absolute Gasteiger partial charge is 0.380 e. The Hall–Kier alpha value is -0.120. The zero-order valence-electron chi connectivity index (χ0n) is 14.0. The van der Waals surface area contributed by atoms with Crippen LogP contribution in [0.25, 0.3) is 0 Å². The number of nitrogens with zero attached hydrogens (tertiary/aromatic N) is 1. The molecule has 1 spiro atoms. The third kappa shape index (κ3) is 3.20. The summed E-state index contributed by atoms with van der Waals surface area (Å²) in [6.45, 7) is 10.3. The van der Waals surface area contributed by atoms with Crippen molar-refractivity contribution in [2.45, 2.75) is 82.9 Å². The number of nitrogens with one attached hydrogen (secondary N) is 1. The normalized spacial score (nSPS) is 27.6. The monoisotopic (exact) mass is 282 g/mol. The van der Waals surface area contributed by atoms with Crippen molar-refractivity contribution in [1.82, 2.24) is 10.2 Å². The molecule has 3 heteroatoms. The molecule has 0 aromatic heterocycles. The lowest BCUT2D eigenvalue weighted by atomic mass is 9.75. The van der Waals surface area contributed by atoms with Gasteiger partial charge in [-0.1, -0.05) is 33.1 Å². The first kappa shape index (κ1) is 16.3. The minimum Gasteiger partial charge on any atom is -0.380 e. The molecule has 0 aromatic rings. The molecule has 1 saturated carbocycles. The summed E-state index contributed by atoms with van der Waals surface area (Å²) >= 11 is 0. The van der Waals surface area contributed by atoms with Crippen molar-refractivity contribution in [1.29, 1.82) is 0 Å². The van der Waals surface area contributed by atoms with E-state index in [2.05, 4.69) is 31.0 Å². The van der Waals surface area contributed by atoms with E-state index in [1.54, 1.807) is 0 Å². The molecule has 3 nitrogen and oxygen atoms in total. The molecule has 1 aliphatic carbocycles. The summed E-state index contributed by atoms with van der Waals surface area (Å²) in [5.41, 5.74) is 0.717. The second kappa shape index (κ2) is 6.76. The van der Waals surface area contributed by atoms with Crippen molar-refractivity contribution in [2.24, 2.45) is 0 Å². The highest BCUT2D eigenvalue weighted by Gasteiger charge is 2.46. The van der Waals surface area contributed by atoms with Crippen molar-refractivity contribution in [2.75, 3.05) is 26.7 Å². The molecule has 20 heavy (non-hydrogen) atoms. The molecule has 0 aromatic carbocycles. The lowest BCUT2D eigenvalue weighted by molar-refractivity contribution is -0.0488. The van der Waals surface area contributed by atoms with Crippen LogP contribution in [0.2, 0.25) is 0 Å². The van der Waals surface area contributed by atoms with Gasteiger partial charge in [-0.3, -0.25) is 4.90 Å². The van der Waals surface area contributed by atoms with E-state index in [1.807, 2.05) is 7.11 Å². The van der Waals surface area contributed by atoms with Crippen LogP contribution in [0, 0.1) is 0 Å². The molecular formula is C17H34N2O. The SMILES string of the molecule is CCC1(CC)CN(CC(C)OC)C2(CCCCC2)CN1. The topological polar surface area (TPSA) is 24.5 Å². The van der Waals surface area contributed by atoms with Crippen LogP contribution < -0.4 is 5.32 Å². The van der Waals surface area contributed by atoms with E-state index in [1.165, 1.54) is 58.0 Å². The van der Waals surface area contributed by atoms with Crippen LogP contribution >= 0.6 is 0 Å². The first-order chi connectivity index (χ1) is 9.60. The number of hydrogen-bond donors (Lipinski definition) is 1. The average Bonchev–Trinajstić information content (AvgIpc) is 2.51. The van der Waals surface area contributed by atoms with Crippen LogP contribution in [0.1, 0.15) is 65.7 Å². The molecule has 2 aliphatic rings. The Morgan fingerprint density at radius 1 is 1.15 bits per heavy atom. The van der Waals surface area contributed by atoms with Gasteiger partial charge in [0.1, 0.15) is 0 Å². The lowest BCUT2D eigenvalue weighted by Crippen LogP contribution is -2.71. The fourth-order valence-corrected chi connectivity index (χ4v) is 4.12. The molecule has 0 amide bonds. The van der Waals surface area contributed by atoms with Gasteiger partial charge in [-0.15, -0.1) is 0 Å². The molecule has 1 heterocycles. The maximum atomic E-state index is 5.56. The van der Waals surface area contributed by atoms with E-state index in [9.17, 15) is 0 Å². The highest BCUT2D eigenvalue weighted by Crippen LogP contribution is 2.38. The molecule has 2 fully saturated rings. The van der Waals surface area contributed by atoms with Gasteiger partial charge in [0.05, 0.1) is 6.10 Å². The maximum absolute atomic E-state index is 5.56. The van der Waals surface area contributed by atoms with Crippen LogP contribution in [-0.4, -0.2) is 48.8 Å². The predicted molar refractivity (Wildman–Crippen MR) is 85.2 cm³/mol. The summed E-state index contributed by atoms with van der Waals surface area (Å²) in [6.07, 6.45) is 9.70. The van der Waals surface area contributed by atoms with E-state index in [0.717, 1.165) is 6.54 Å². The van der Waals surface area contributed by atoms with E-state index < -0.39 is 0 Å². The Labute approximate surface area is 125 Å². The van der Waals surface area contributed by atoms with E-state index in [0.29, 0.717) is 17.2 Å². The molecule has 0 radical (unpaired) electrons. The highest BCUT2D eigenvalue weighted by molar-refractivity contribution is 5.05. The minimum absolute atomic E-state index is 0.316. The zero-order valence-corrected chi connectivity index (χ0v) is 14.0. The van der Waals surface area contributed by atoms with E-state index >= 15 is 0 Å². The predicted octanol–water partition coefficient (Wildman–Crippen LogP) is 3.19. The lowest BCUT2D eigenvalue weighted by Gasteiger charge is -2.56. The number of methoxy groups -OCH3 is 1. The summed E-state index contributed by atoms with van der Waals surface area (Å²) in [6, 6.07) is 0. The fraction of sp³-hybridized carbons (Fsp3) is 1.00. The van der Waals surface area contributed by atoms with Crippen LogP contribution in [-0.2, 0) is 4.74 Å². The van der Waals surface area contributed by atoms with Gasteiger partial charge in [-0.2, -0.15) is 0 Å². The van der Waals surface area contributed by atoms with Gasteiger partial charge < -0.3 is 10.1 Å². The van der Waals surface area contributed by atoms with Crippen molar-refractivity contribution >= 4 is 0 Å². The molecule has 2 rings (SSSR count). The first-order valence-electron chi connectivity index (χ1n) is 8.62. The van der Waals surface area contributed by atoms with Gasteiger partial charge in [-0.05, 0) is 32.6 Å². The van der Waals surface area contributed by atoms with Crippen LogP contribution in [0.5, 0.6) is 0 Å². The number of rotatable bonds is 5. The minimum atomic E-state index is 0.316. The molecule has 0 bridgehead atoms. The molecule has 1 unspecified atom stereocenters. The fourth-order valence-electron chi connectivity index (χ4n) is 4.12. The molecule has 1 saturated heterocycles. The van der Waals surface area contributed by atoms with Gasteiger partial charge in [0.15, 0.2) is 0 Å². The first-order valence-corrected chi connectivity index (χ1v) is 8.62. The Morgan fingerprint density at radius 2 is 1.80 bits per heavy atom. The summed E-state index contributed by atoms with van der Waals surface area (Å²) in [5, 5.41) is 3.93. The highest BCUT2D eigenvalue weighted by atomic mass is 16.5. The third-order valence-electron chi connectivity index (χ3n) is 5.97. The van der Waals surface area contributed by atoms with Gasteiger partial charge in [0.25, 0.3) is 0 Å². The number of hydrogen-bond acceptors (Lipinski definition) is 3. The average molecular weight is 282 g/mol. The van der Waals surface area contributed by atoms with Crippen molar-refractivity contribution in [3.63, 3.8) is 0 Å². The molecular weight excluding hydrogens is 248 g/mol. The summed E-state index contributed by atoms with van der Waals surface area (Å²) in [5.74, 6) is 0. The standard InChI is InChI=1S/C17H34N2O/c1-5-16(6-2)14-19(12-15(3)20-4)17(13-18-16)10-8-7-9-11-17/h15,18H,5-14H2,1-4H3. The van der Waals surface area contributed by atoms with Gasteiger partial charge in [0, 0.05) is 37.8 Å². The maximum Gasteiger partial charge on any atom is 0.0670 e. The van der Waals surface area contributed by atoms with Crippen LogP contribution in [0.15, 0.2) is 0 Å². The zero-order chi connectivity index (χ0) is 14.6. The smallest absolute Gasteiger partial charge is 0.0670 e. The molecule has 1 aliphatic heterocycles. The Morgan fingerprint density at radius 3 is 2.35 bits per heavy atom. The number of piperazine rings is 1. The van der Waals surface area contributed by atoms with Crippen LogP contribution in [0.4, 0.5) is 0 Å². The molecule has 1 atom stereocenters. The second-order valence-electron chi connectivity index (χ2n) is 7.05. The van der Waals surface area contributed by atoms with Crippen LogP contribution in [0.3, 0.4) is 0 Å². The van der Waals surface area contributed by atoms with Gasteiger partial charge in [-0.25, -0.2) is 0 Å². The summed E-state index contributed by atoms with van der Waals surface area (Å²) in [4.78, 5) is 2.78. The quantitative estimate of drug-likeness (QED) is 0.838. The molecule has 1 N–H and O–H groups in total. The van der Waals surface area contributed by atoms with E-state index in [4.69, 9.17) is 4.74 Å². The van der Waals surface area contributed by atoms with E-state index in [-0.39, 0.29) is 0 Å². The van der Waals surface area contributed by atoms with Crippen molar-refractivity contribution in [3.8, 4) is 0 Å². The molecule has 118 valence electrons. The Bertz CT molecular complexity index is 295. The summed E-state index contributed by atoms with van der Waals surface area (Å²) in [7, 11) is 1.84. The van der Waals surface area contributed by atoms with Crippen molar-refractivity contribution in [3.05, 3.63) is 0 Å². The van der Waals surface area contributed by atoms with Gasteiger partial charge >= 0.3 is 0 Å². The third-order valence-corrected chi connectivity index (χ3v) is 5.97. The van der Waals surface area contributed by atoms with Gasteiger partial charge in [0.2, 0.25) is 0 Å². The number of ether oxygens (including phenoxy) is 1. The Balaban J connectivity index is 2.15.